The minimum atomic E-state index is -4.10. The maximum absolute atomic E-state index is 13.2. The van der Waals surface area contributed by atoms with Gasteiger partial charge in [-0.15, -0.1) is 0 Å². The van der Waals surface area contributed by atoms with Crippen molar-refractivity contribution >= 4 is 21.4 Å². The number of hydrogen-bond donors (Lipinski definition) is 2. The van der Waals surface area contributed by atoms with Crippen molar-refractivity contribution in [2.75, 3.05) is 31.5 Å². The molecule has 2 aromatic rings. The minimum Gasteiger partial charge on any atom is -0.385 e. The number of aliphatic hydroxyl groups is 1. The zero-order valence-corrected chi connectivity index (χ0v) is 16.3. The van der Waals surface area contributed by atoms with Crippen molar-refractivity contribution in [1.82, 2.24) is 0 Å². The smallest absolute Gasteiger partial charge is 0.293 e. The van der Waals surface area contributed by atoms with Crippen molar-refractivity contribution in [1.29, 1.82) is 0 Å². The van der Waals surface area contributed by atoms with E-state index in [-0.39, 0.29) is 22.8 Å². The van der Waals surface area contributed by atoms with Gasteiger partial charge >= 0.3 is 0 Å². The van der Waals surface area contributed by atoms with Crippen molar-refractivity contribution in [3.05, 3.63) is 64.2 Å². The molecule has 0 amide bonds. The summed E-state index contributed by atoms with van der Waals surface area (Å²) >= 11 is 0. The van der Waals surface area contributed by atoms with E-state index in [1.807, 2.05) is 21.0 Å². The average molecular weight is 394 g/mol. The molecule has 0 aliphatic heterocycles. The highest BCUT2D eigenvalue weighted by Gasteiger charge is 2.32. The van der Waals surface area contributed by atoms with Gasteiger partial charge in [0.15, 0.2) is 0 Å². The van der Waals surface area contributed by atoms with E-state index in [0.29, 0.717) is 6.54 Å². The van der Waals surface area contributed by atoms with Crippen LogP contribution in [0.1, 0.15) is 5.56 Å². The Kier molecular flexibility index (Phi) is 6.53. The number of anilines is 1. The third-order valence-electron chi connectivity index (χ3n) is 3.98. The van der Waals surface area contributed by atoms with Crippen molar-refractivity contribution in [3.8, 4) is 0 Å². The average Bonchev–Trinajstić information content (AvgIpc) is 2.59. The molecule has 2 N–H and O–H groups in total. The minimum absolute atomic E-state index is 0.00986. The number of nitrogens with zero attached hydrogens (tertiary/aromatic N) is 2. The number of nitro benzene ring substituents is 1. The Morgan fingerprint density at radius 3 is 2.30 bits per heavy atom. The molecule has 0 fully saturated rings. The summed E-state index contributed by atoms with van der Waals surface area (Å²) in [5.74, 6) is 0. The van der Waals surface area contributed by atoms with Crippen LogP contribution in [0.15, 0.2) is 53.4 Å². The summed E-state index contributed by atoms with van der Waals surface area (Å²) in [5.41, 5.74) is 0.482. The lowest BCUT2D eigenvalue weighted by Crippen LogP contribution is -3.07. The van der Waals surface area contributed by atoms with Crippen LogP contribution in [0.2, 0.25) is 0 Å². The fourth-order valence-corrected chi connectivity index (χ4v) is 4.24. The maximum Gasteiger partial charge on any atom is 0.293 e. The lowest BCUT2D eigenvalue weighted by Gasteiger charge is -2.27. The molecule has 9 heteroatoms. The fraction of sp³-hybridized carbons (Fsp3) is 0.333. The van der Waals surface area contributed by atoms with E-state index in [4.69, 9.17) is 0 Å². The first-order chi connectivity index (χ1) is 12.6. The van der Waals surface area contributed by atoms with Crippen LogP contribution < -0.4 is 9.21 Å². The zero-order valence-electron chi connectivity index (χ0n) is 15.5. The molecule has 27 heavy (non-hydrogen) atoms. The Bertz CT molecular complexity index is 897. The van der Waals surface area contributed by atoms with Crippen molar-refractivity contribution < 1.29 is 23.3 Å². The molecule has 0 spiro atoms. The molecule has 0 aliphatic rings. The van der Waals surface area contributed by atoms with E-state index >= 15 is 0 Å². The monoisotopic (exact) mass is 394 g/mol. The molecular formula is C18H24N3O5S+. The molecule has 0 saturated heterocycles. The molecule has 0 bridgehead atoms. The highest BCUT2D eigenvalue weighted by molar-refractivity contribution is 7.92. The summed E-state index contributed by atoms with van der Waals surface area (Å²) in [7, 11) is -0.445. The summed E-state index contributed by atoms with van der Waals surface area (Å²) in [6.07, 6.45) is -0.991. The number of sulfonamides is 1. The van der Waals surface area contributed by atoms with Crippen molar-refractivity contribution in [2.45, 2.75) is 17.9 Å². The molecule has 0 heterocycles. The molecule has 146 valence electrons. The lowest BCUT2D eigenvalue weighted by molar-refractivity contribution is -0.861. The number of quaternary nitrogens is 1. The number of nitrogens with one attached hydrogen (secondary N) is 1. The maximum atomic E-state index is 13.2. The third-order valence-corrected chi connectivity index (χ3v) is 5.77. The largest absolute Gasteiger partial charge is 0.385 e. The summed E-state index contributed by atoms with van der Waals surface area (Å²) in [4.78, 5) is 11.7. The Labute approximate surface area is 158 Å². The molecule has 0 aliphatic carbocycles. The molecule has 0 saturated carbocycles. The van der Waals surface area contributed by atoms with Gasteiger partial charge in [-0.3, -0.25) is 14.4 Å². The van der Waals surface area contributed by atoms with Gasteiger partial charge in [-0.1, -0.05) is 29.8 Å². The number of likely N-dealkylation sites (N-methyl/N-ethyl adjacent to an activating group) is 1. The van der Waals surface area contributed by atoms with Crippen LogP contribution >= 0.6 is 0 Å². The van der Waals surface area contributed by atoms with Gasteiger partial charge in [-0.25, -0.2) is 8.42 Å². The van der Waals surface area contributed by atoms with Crippen molar-refractivity contribution in [2.24, 2.45) is 0 Å². The number of benzene rings is 2. The normalized spacial score (nSPS) is 12.8. The van der Waals surface area contributed by atoms with Gasteiger partial charge in [-0.2, -0.15) is 0 Å². The Morgan fingerprint density at radius 2 is 1.74 bits per heavy atom. The highest BCUT2D eigenvalue weighted by Crippen LogP contribution is 2.32. The predicted molar refractivity (Wildman–Crippen MR) is 102 cm³/mol. The second kappa shape index (κ2) is 8.47. The second-order valence-corrected chi connectivity index (χ2v) is 8.52. The lowest BCUT2D eigenvalue weighted by atomic mass is 10.2. The van der Waals surface area contributed by atoms with E-state index in [1.165, 1.54) is 36.4 Å². The van der Waals surface area contributed by atoms with Crippen molar-refractivity contribution in [3.63, 3.8) is 0 Å². The number of nitro groups is 1. The van der Waals surface area contributed by atoms with Crippen LogP contribution in [0.3, 0.4) is 0 Å². The quantitative estimate of drug-likeness (QED) is 0.504. The van der Waals surface area contributed by atoms with E-state index < -0.39 is 21.1 Å². The first kappa shape index (κ1) is 20.8. The van der Waals surface area contributed by atoms with E-state index in [2.05, 4.69) is 0 Å². The molecule has 0 aromatic heterocycles. The predicted octanol–water partition coefficient (Wildman–Crippen LogP) is 0.604. The first-order valence-corrected chi connectivity index (χ1v) is 9.87. The molecule has 2 aromatic carbocycles. The summed E-state index contributed by atoms with van der Waals surface area (Å²) < 4.78 is 27.4. The van der Waals surface area contributed by atoms with Gasteiger partial charge in [0, 0.05) is 6.07 Å². The molecule has 2 rings (SSSR count). The van der Waals surface area contributed by atoms with Gasteiger partial charge in [0.25, 0.3) is 15.7 Å². The number of rotatable bonds is 8. The van der Waals surface area contributed by atoms with Crippen LogP contribution in [-0.4, -0.2) is 51.7 Å². The van der Waals surface area contributed by atoms with Gasteiger partial charge in [-0.05, 0) is 25.1 Å². The number of aryl methyl sites for hydroxylation is 1. The molecular weight excluding hydrogens is 370 g/mol. The summed E-state index contributed by atoms with van der Waals surface area (Å²) in [6.45, 7) is 1.84. The van der Waals surface area contributed by atoms with E-state index in [0.717, 1.165) is 14.8 Å². The number of hydrogen-bond acceptors (Lipinski definition) is 5. The van der Waals surface area contributed by atoms with E-state index in [1.54, 1.807) is 12.1 Å². The van der Waals surface area contributed by atoms with Gasteiger partial charge in [0.05, 0.1) is 30.5 Å². The topological polar surface area (TPSA) is 105 Å². The molecule has 0 radical (unpaired) electrons. The SMILES string of the molecule is Cc1ccc(S(=O)(=O)N(C[C@@H](O)C[NH+](C)C)c2ccccc2[N+](=O)[O-])cc1. The molecule has 1 atom stereocenters. The highest BCUT2D eigenvalue weighted by atomic mass is 32.2. The van der Waals surface area contributed by atoms with Crippen LogP contribution in [0.5, 0.6) is 0 Å². The third kappa shape index (κ3) is 5.03. The van der Waals surface area contributed by atoms with Crippen LogP contribution in [0.25, 0.3) is 0 Å². The first-order valence-electron chi connectivity index (χ1n) is 8.43. The summed E-state index contributed by atoms with van der Waals surface area (Å²) in [5, 5.41) is 21.8. The zero-order chi connectivity index (χ0) is 20.2. The molecule has 0 unspecified atom stereocenters. The Morgan fingerprint density at radius 1 is 1.15 bits per heavy atom. The molecule has 8 nitrogen and oxygen atoms in total. The Hall–Kier alpha value is -2.49. The number of para-hydroxylation sites is 2. The van der Waals surface area contributed by atoms with Crippen LogP contribution in [-0.2, 0) is 10.0 Å². The van der Waals surface area contributed by atoms with Crippen LogP contribution in [0, 0.1) is 17.0 Å². The van der Waals surface area contributed by atoms with Gasteiger partial charge in [0.2, 0.25) is 0 Å². The second-order valence-electron chi connectivity index (χ2n) is 6.66. The van der Waals surface area contributed by atoms with Gasteiger partial charge in [0.1, 0.15) is 18.3 Å². The number of aliphatic hydroxyl groups excluding tert-OH is 1. The summed E-state index contributed by atoms with van der Waals surface area (Å²) in [6, 6.07) is 11.8. The standard InChI is InChI=1S/C18H23N3O5S/c1-14-8-10-16(11-9-14)27(25,26)20(13-15(22)12-19(2)3)17-6-4-5-7-18(17)21(23)24/h4-11,15,22H,12-13H2,1-3H3/p+1/t15-/m0/s1. The van der Waals surface area contributed by atoms with Gasteiger partial charge < -0.3 is 10.0 Å². The fourth-order valence-electron chi connectivity index (χ4n) is 2.72. The van der Waals surface area contributed by atoms with Crippen LogP contribution in [0.4, 0.5) is 11.4 Å². The van der Waals surface area contributed by atoms with E-state index in [9.17, 15) is 23.6 Å². The Balaban J connectivity index is 2.56.